The van der Waals surface area contributed by atoms with E-state index >= 15 is 0 Å². The Bertz CT molecular complexity index is 750. The Morgan fingerprint density at radius 3 is 2.64 bits per heavy atom. The highest BCUT2D eigenvalue weighted by Gasteiger charge is 2.15. The summed E-state index contributed by atoms with van der Waals surface area (Å²) < 4.78 is 0. The minimum Gasteiger partial charge on any atom is -0.506 e. The highest BCUT2D eigenvalue weighted by molar-refractivity contribution is 6.36. The van der Waals surface area contributed by atoms with Crippen LogP contribution in [0.2, 0.25) is 10.0 Å². The molecule has 0 aliphatic carbocycles. The van der Waals surface area contributed by atoms with Gasteiger partial charge in [-0.3, -0.25) is 4.79 Å². The Kier molecular flexibility index (Phi) is 4.85. The lowest BCUT2D eigenvalue weighted by atomic mass is 10.1. The molecule has 114 valence electrons. The maximum atomic E-state index is 12.0. The number of aromatic nitrogens is 1. The van der Waals surface area contributed by atoms with Gasteiger partial charge in [-0.15, -0.1) is 0 Å². The van der Waals surface area contributed by atoms with Gasteiger partial charge in [0.15, 0.2) is 0 Å². The highest BCUT2D eigenvalue weighted by atomic mass is 35.5. The van der Waals surface area contributed by atoms with Crippen LogP contribution in [0.4, 0.5) is 0 Å². The topological polar surface area (TPSA) is 99.5 Å². The van der Waals surface area contributed by atoms with Crippen molar-refractivity contribution in [1.82, 2.24) is 10.3 Å². The van der Waals surface area contributed by atoms with Crippen LogP contribution in [0.15, 0.2) is 30.5 Å². The quantitative estimate of drug-likeness (QED) is 0.794. The van der Waals surface area contributed by atoms with E-state index in [0.717, 1.165) is 0 Å². The summed E-state index contributed by atoms with van der Waals surface area (Å²) >= 11 is 11.5. The van der Waals surface area contributed by atoms with Crippen LogP contribution < -0.4 is 5.32 Å². The number of aromatic hydroxyl groups is 1. The van der Waals surface area contributed by atoms with Crippen LogP contribution in [0.1, 0.15) is 26.4 Å². The maximum absolute atomic E-state index is 12.0. The van der Waals surface area contributed by atoms with E-state index in [0.29, 0.717) is 5.56 Å². The number of nitrogens with zero attached hydrogens (tertiary/aromatic N) is 1. The van der Waals surface area contributed by atoms with Crippen molar-refractivity contribution in [2.75, 3.05) is 0 Å². The van der Waals surface area contributed by atoms with Crippen molar-refractivity contribution in [2.45, 2.75) is 6.54 Å². The van der Waals surface area contributed by atoms with Crippen molar-refractivity contribution in [3.63, 3.8) is 0 Å². The van der Waals surface area contributed by atoms with Crippen LogP contribution >= 0.6 is 23.2 Å². The SMILES string of the molecule is O=C(O)c1cc(CNC(=O)c2cc(Cl)cc(Cl)c2O)ccn1. The summed E-state index contributed by atoms with van der Waals surface area (Å²) in [5.41, 5.74) is 0.360. The van der Waals surface area contributed by atoms with Gasteiger partial charge in [-0.25, -0.2) is 9.78 Å². The average molecular weight is 341 g/mol. The molecule has 8 heteroatoms. The standard InChI is InChI=1S/C14H10Cl2N2O4/c15-8-4-9(12(19)10(16)5-8)13(20)18-6-7-1-2-17-11(3-7)14(21)22/h1-5,19H,6H2,(H,18,20)(H,21,22). The smallest absolute Gasteiger partial charge is 0.354 e. The molecule has 1 aromatic carbocycles. The zero-order chi connectivity index (χ0) is 16.3. The van der Waals surface area contributed by atoms with E-state index in [4.69, 9.17) is 28.3 Å². The van der Waals surface area contributed by atoms with Gasteiger partial charge in [0.25, 0.3) is 5.91 Å². The number of carboxylic acid groups (broad SMARTS) is 1. The fourth-order valence-electron chi connectivity index (χ4n) is 1.72. The second-order valence-electron chi connectivity index (χ2n) is 4.32. The number of hydrogen-bond acceptors (Lipinski definition) is 4. The molecular weight excluding hydrogens is 331 g/mol. The van der Waals surface area contributed by atoms with Gasteiger partial charge in [0, 0.05) is 17.8 Å². The van der Waals surface area contributed by atoms with E-state index in [9.17, 15) is 14.7 Å². The second kappa shape index (κ2) is 6.64. The predicted molar refractivity (Wildman–Crippen MR) is 80.5 cm³/mol. The zero-order valence-corrected chi connectivity index (χ0v) is 12.5. The lowest BCUT2D eigenvalue weighted by Crippen LogP contribution is -2.23. The Morgan fingerprint density at radius 2 is 1.95 bits per heavy atom. The Hall–Kier alpha value is -2.31. The lowest BCUT2D eigenvalue weighted by Gasteiger charge is -2.09. The first kappa shape index (κ1) is 16.1. The summed E-state index contributed by atoms with van der Waals surface area (Å²) in [5, 5.41) is 21.3. The Balaban J connectivity index is 2.14. The number of carboxylic acids is 1. The van der Waals surface area contributed by atoms with E-state index in [2.05, 4.69) is 10.3 Å². The third-order valence-electron chi connectivity index (χ3n) is 2.77. The van der Waals surface area contributed by atoms with Gasteiger partial charge >= 0.3 is 5.97 Å². The van der Waals surface area contributed by atoms with Crippen LogP contribution in [-0.2, 0) is 6.54 Å². The molecule has 6 nitrogen and oxygen atoms in total. The number of carbonyl (C=O) groups excluding carboxylic acids is 1. The van der Waals surface area contributed by atoms with Gasteiger partial charge in [0.2, 0.25) is 0 Å². The van der Waals surface area contributed by atoms with E-state index in [1.807, 2.05) is 0 Å². The molecule has 0 saturated heterocycles. The first-order valence-corrected chi connectivity index (χ1v) is 6.78. The van der Waals surface area contributed by atoms with E-state index < -0.39 is 11.9 Å². The van der Waals surface area contributed by atoms with Crippen molar-refractivity contribution in [1.29, 1.82) is 0 Å². The van der Waals surface area contributed by atoms with Gasteiger partial charge in [0.05, 0.1) is 10.6 Å². The Labute approximate surface area is 135 Å². The largest absolute Gasteiger partial charge is 0.506 e. The molecule has 0 saturated carbocycles. The number of phenolic OH excluding ortho intramolecular Hbond substituents is 1. The van der Waals surface area contributed by atoms with Crippen LogP contribution in [0.3, 0.4) is 0 Å². The summed E-state index contributed by atoms with van der Waals surface area (Å²) in [6, 6.07) is 5.51. The summed E-state index contributed by atoms with van der Waals surface area (Å²) in [4.78, 5) is 26.5. The van der Waals surface area contributed by atoms with Gasteiger partial charge < -0.3 is 15.5 Å². The molecule has 0 radical (unpaired) electrons. The molecule has 22 heavy (non-hydrogen) atoms. The normalized spacial score (nSPS) is 10.3. The number of hydrogen-bond donors (Lipinski definition) is 3. The van der Waals surface area contributed by atoms with Crippen molar-refractivity contribution >= 4 is 35.1 Å². The third kappa shape index (κ3) is 3.66. The predicted octanol–water partition coefficient (Wildman–Crippen LogP) is 2.72. The molecule has 1 heterocycles. The average Bonchev–Trinajstić information content (AvgIpc) is 2.48. The summed E-state index contributed by atoms with van der Waals surface area (Å²) in [6.07, 6.45) is 1.33. The minimum absolute atomic E-state index is 0.0327. The molecule has 2 rings (SSSR count). The summed E-state index contributed by atoms with van der Waals surface area (Å²) in [5.74, 6) is -2.12. The van der Waals surface area contributed by atoms with Gasteiger partial charge in [-0.05, 0) is 29.8 Å². The van der Waals surface area contributed by atoms with Crippen LogP contribution in [-0.4, -0.2) is 27.1 Å². The molecule has 0 atom stereocenters. The van der Waals surface area contributed by atoms with E-state index in [-0.39, 0.29) is 33.6 Å². The number of amides is 1. The fraction of sp³-hybridized carbons (Fsp3) is 0.0714. The van der Waals surface area contributed by atoms with E-state index in [1.165, 1.54) is 24.4 Å². The molecule has 0 aliphatic rings. The number of aromatic carboxylic acids is 1. The fourth-order valence-corrected chi connectivity index (χ4v) is 2.21. The molecule has 0 unspecified atom stereocenters. The third-order valence-corrected chi connectivity index (χ3v) is 3.28. The molecule has 0 aliphatic heterocycles. The minimum atomic E-state index is -1.16. The molecule has 3 N–H and O–H groups in total. The molecule has 1 amide bonds. The number of phenols is 1. The Morgan fingerprint density at radius 1 is 1.23 bits per heavy atom. The van der Waals surface area contributed by atoms with Crippen molar-refractivity contribution < 1.29 is 19.8 Å². The van der Waals surface area contributed by atoms with Gasteiger partial charge in [0.1, 0.15) is 11.4 Å². The molecule has 0 bridgehead atoms. The second-order valence-corrected chi connectivity index (χ2v) is 5.16. The van der Waals surface area contributed by atoms with E-state index in [1.54, 1.807) is 6.07 Å². The molecular formula is C14H10Cl2N2O4. The van der Waals surface area contributed by atoms with Crippen molar-refractivity contribution in [3.05, 3.63) is 57.3 Å². The maximum Gasteiger partial charge on any atom is 0.354 e. The number of pyridine rings is 1. The van der Waals surface area contributed by atoms with Crippen LogP contribution in [0, 0.1) is 0 Å². The van der Waals surface area contributed by atoms with Crippen molar-refractivity contribution in [3.8, 4) is 5.75 Å². The number of halogens is 2. The van der Waals surface area contributed by atoms with Gasteiger partial charge in [-0.2, -0.15) is 0 Å². The molecule has 0 fully saturated rings. The van der Waals surface area contributed by atoms with Gasteiger partial charge in [-0.1, -0.05) is 23.2 Å². The van der Waals surface area contributed by atoms with Crippen molar-refractivity contribution in [2.24, 2.45) is 0 Å². The zero-order valence-electron chi connectivity index (χ0n) is 11.0. The summed E-state index contributed by atoms with van der Waals surface area (Å²) in [7, 11) is 0. The van der Waals surface area contributed by atoms with Crippen LogP contribution in [0.25, 0.3) is 0 Å². The molecule has 0 spiro atoms. The lowest BCUT2D eigenvalue weighted by molar-refractivity contribution is 0.0690. The van der Waals surface area contributed by atoms with Crippen LogP contribution in [0.5, 0.6) is 5.75 Å². The number of benzene rings is 1. The monoisotopic (exact) mass is 340 g/mol. The molecule has 1 aromatic heterocycles. The first-order chi connectivity index (χ1) is 10.4. The summed E-state index contributed by atoms with van der Waals surface area (Å²) in [6.45, 7) is 0.0607. The number of rotatable bonds is 4. The number of carbonyl (C=O) groups is 2. The highest BCUT2D eigenvalue weighted by Crippen LogP contribution is 2.31. The molecule has 2 aromatic rings. The first-order valence-electron chi connectivity index (χ1n) is 6.03. The number of nitrogens with one attached hydrogen (secondary N) is 1.